The molecule has 2 N–H and O–H groups in total. The Labute approximate surface area is 244 Å². The maximum Gasteiger partial charge on any atom is 0.309 e. The number of hydrogen-bond donors (Lipinski definition) is 2. The molecule has 3 rings (SSSR count). The van der Waals surface area contributed by atoms with Gasteiger partial charge in [-0.1, -0.05) is 85.7 Å². The van der Waals surface area contributed by atoms with Crippen molar-refractivity contribution >= 4 is 17.8 Å². The second kappa shape index (κ2) is 16.5. The Morgan fingerprint density at radius 3 is 2.10 bits per heavy atom. The van der Waals surface area contributed by atoms with Gasteiger partial charge in [-0.2, -0.15) is 0 Å². The first-order valence-corrected chi connectivity index (χ1v) is 14.6. The minimum atomic E-state index is -0.657. The molecule has 1 saturated carbocycles. The van der Waals surface area contributed by atoms with E-state index in [0.717, 1.165) is 24.0 Å². The fraction of sp³-hybridized carbons (Fsp3) is 0.441. The Bertz CT molecular complexity index is 1130. The molecule has 0 heterocycles. The van der Waals surface area contributed by atoms with Crippen molar-refractivity contribution in [2.24, 2.45) is 11.8 Å². The minimum Gasteiger partial charge on any atom is -0.463 e. The summed E-state index contributed by atoms with van der Waals surface area (Å²) in [6.45, 7) is 8.08. The highest BCUT2D eigenvalue weighted by Gasteiger charge is 2.39. The Morgan fingerprint density at radius 2 is 1.51 bits per heavy atom. The van der Waals surface area contributed by atoms with Gasteiger partial charge in [-0.25, -0.2) is 0 Å². The molecule has 0 saturated heterocycles. The second-order valence-electron chi connectivity index (χ2n) is 10.9. The van der Waals surface area contributed by atoms with Crippen molar-refractivity contribution in [3.05, 3.63) is 97.1 Å². The van der Waals surface area contributed by atoms with Gasteiger partial charge in [0.25, 0.3) is 0 Å². The Kier molecular flexibility index (Phi) is 12.8. The van der Waals surface area contributed by atoms with Crippen molar-refractivity contribution in [1.29, 1.82) is 0 Å². The van der Waals surface area contributed by atoms with Gasteiger partial charge in [0.1, 0.15) is 6.61 Å². The van der Waals surface area contributed by atoms with Crippen LogP contribution < -0.4 is 5.32 Å². The van der Waals surface area contributed by atoms with Gasteiger partial charge in [0.2, 0.25) is 11.8 Å². The number of hydrogen-bond acceptors (Lipinski definition) is 5. The number of amides is 2. The molecule has 7 nitrogen and oxygen atoms in total. The number of nitrogens with zero attached hydrogens (tertiary/aromatic N) is 1. The van der Waals surface area contributed by atoms with Crippen LogP contribution in [0.1, 0.15) is 56.1 Å². The smallest absolute Gasteiger partial charge is 0.309 e. The summed E-state index contributed by atoms with van der Waals surface area (Å²) in [6.07, 6.45) is 8.03. The molecule has 2 atom stereocenters. The summed E-state index contributed by atoms with van der Waals surface area (Å²) < 4.78 is 5.85. The second-order valence-corrected chi connectivity index (χ2v) is 10.9. The molecular formula is C34H44N2O5. The van der Waals surface area contributed by atoms with Gasteiger partial charge < -0.3 is 20.1 Å². The van der Waals surface area contributed by atoms with Gasteiger partial charge in [0, 0.05) is 19.5 Å². The van der Waals surface area contributed by atoms with Crippen molar-refractivity contribution in [3.8, 4) is 0 Å². The number of carbonyl (C=O) groups excluding carboxylic acids is 3. The average molecular weight is 561 g/mol. The van der Waals surface area contributed by atoms with Crippen LogP contribution in [0.15, 0.2) is 86.0 Å². The van der Waals surface area contributed by atoms with E-state index in [1.807, 2.05) is 60.7 Å². The summed E-state index contributed by atoms with van der Waals surface area (Å²) in [6, 6.07) is 19.4. The molecule has 41 heavy (non-hydrogen) atoms. The number of allylic oxidation sites excluding steroid dienone is 2. The summed E-state index contributed by atoms with van der Waals surface area (Å²) in [5, 5.41) is 12.7. The van der Waals surface area contributed by atoms with Crippen molar-refractivity contribution in [1.82, 2.24) is 10.2 Å². The Morgan fingerprint density at radius 1 is 0.927 bits per heavy atom. The van der Waals surface area contributed by atoms with Gasteiger partial charge in [0.15, 0.2) is 0 Å². The summed E-state index contributed by atoms with van der Waals surface area (Å²) in [7, 11) is 0. The molecule has 0 radical (unpaired) electrons. The first-order valence-electron chi connectivity index (χ1n) is 14.6. The third-order valence-corrected chi connectivity index (χ3v) is 7.73. The number of rotatable bonds is 17. The van der Waals surface area contributed by atoms with E-state index in [-0.39, 0.29) is 49.9 Å². The number of aliphatic hydroxyl groups is 1. The van der Waals surface area contributed by atoms with E-state index in [1.54, 1.807) is 17.1 Å². The molecule has 0 bridgehead atoms. The van der Waals surface area contributed by atoms with Gasteiger partial charge in [0.05, 0.1) is 24.0 Å². The third kappa shape index (κ3) is 10.0. The molecule has 0 aliphatic heterocycles. The van der Waals surface area contributed by atoms with Crippen LogP contribution in [-0.2, 0) is 32.1 Å². The lowest BCUT2D eigenvalue weighted by molar-refractivity contribution is -0.152. The van der Waals surface area contributed by atoms with Gasteiger partial charge in [-0.15, -0.1) is 13.2 Å². The van der Waals surface area contributed by atoms with E-state index >= 15 is 0 Å². The highest BCUT2D eigenvalue weighted by molar-refractivity contribution is 5.86. The minimum absolute atomic E-state index is 0.000953. The van der Waals surface area contributed by atoms with Crippen LogP contribution in [0.3, 0.4) is 0 Å². The van der Waals surface area contributed by atoms with Crippen LogP contribution in [-0.4, -0.2) is 53.1 Å². The van der Waals surface area contributed by atoms with Crippen LogP contribution in [0.2, 0.25) is 0 Å². The number of esters is 1. The molecule has 1 aliphatic rings. The van der Waals surface area contributed by atoms with E-state index in [4.69, 9.17) is 4.74 Å². The SMILES string of the molecule is C=CC[C@H](CC(=O)N(CCO)Cc1ccccc1)C(=O)NC1(COC(=O)[C@H](CC=C)Cc2ccccc2)CCCC1. The van der Waals surface area contributed by atoms with Gasteiger partial charge in [-0.05, 0) is 43.2 Å². The predicted octanol–water partition coefficient (Wildman–Crippen LogP) is 5.00. The lowest BCUT2D eigenvalue weighted by Crippen LogP contribution is -2.52. The number of carbonyl (C=O) groups is 3. The molecule has 2 amide bonds. The van der Waals surface area contributed by atoms with E-state index in [0.29, 0.717) is 38.6 Å². The van der Waals surface area contributed by atoms with E-state index < -0.39 is 11.5 Å². The summed E-state index contributed by atoms with van der Waals surface area (Å²) in [5.41, 5.74) is 1.35. The standard InChI is InChI=1S/C34H44N2O5/c1-3-13-29(24-31(38)36(21-22-37)25-28-17-9-6-10-18-28)32(39)35-34(19-11-12-20-34)26-41-33(40)30(14-4-2)23-27-15-7-5-8-16-27/h3-10,15-18,29-30,37H,1-2,11-14,19-26H2,(H,35,39)/t29-,30-/m1/s1. The lowest BCUT2D eigenvalue weighted by Gasteiger charge is -2.32. The highest BCUT2D eigenvalue weighted by Crippen LogP contribution is 2.31. The lowest BCUT2D eigenvalue weighted by atomic mass is 9.93. The van der Waals surface area contributed by atoms with Crippen LogP contribution in [0.5, 0.6) is 0 Å². The molecule has 0 unspecified atom stereocenters. The fourth-order valence-corrected chi connectivity index (χ4v) is 5.45. The molecule has 1 fully saturated rings. The Balaban J connectivity index is 1.64. The largest absolute Gasteiger partial charge is 0.463 e. The number of nitrogens with one attached hydrogen (secondary N) is 1. The van der Waals surface area contributed by atoms with E-state index in [1.165, 1.54) is 0 Å². The van der Waals surface area contributed by atoms with Crippen LogP contribution in [0.25, 0.3) is 0 Å². The summed E-state index contributed by atoms with van der Waals surface area (Å²) >= 11 is 0. The van der Waals surface area contributed by atoms with Crippen LogP contribution in [0, 0.1) is 11.8 Å². The van der Waals surface area contributed by atoms with Crippen molar-refractivity contribution in [2.75, 3.05) is 19.8 Å². The molecule has 220 valence electrons. The molecular weight excluding hydrogens is 516 g/mol. The maximum absolute atomic E-state index is 13.6. The normalized spacial score (nSPS) is 15.3. The quantitative estimate of drug-likeness (QED) is 0.210. The first kappa shape index (κ1) is 31.8. The molecule has 2 aromatic rings. The number of ether oxygens (including phenoxy) is 1. The molecule has 2 aromatic carbocycles. The maximum atomic E-state index is 13.6. The molecule has 0 aromatic heterocycles. The third-order valence-electron chi connectivity index (χ3n) is 7.73. The summed E-state index contributed by atoms with van der Waals surface area (Å²) in [5.74, 6) is -1.71. The van der Waals surface area contributed by atoms with Crippen LogP contribution >= 0.6 is 0 Å². The fourth-order valence-electron chi connectivity index (χ4n) is 5.45. The zero-order valence-electron chi connectivity index (χ0n) is 24.0. The predicted molar refractivity (Wildman–Crippen MR) is 161 cm³/mol. The molecule has 0 spiro atoms. The number of aliphatic hydroxyl groups excluding tert-OH is 1. The van der Waals surface area contributed by atoms with E-state index in [9.17, 15) is 19.5 Å². The monoisotopic (exact) mass is 560 g/mol. The molecule has 7 heteroatoms. The van der Waals surface area contributed by atoms with Crippen LogP contribution in [0.4, 0.5) is 0 Å². The Hall–Kier alpha value is -3.71. The molecule has 1 aliphatic carbocycles. The zero-order chi connectivity index (χ0) is 29.5. The zero-order valence-corrected chi connectivity index (χ0v) is 24.0. The topological polar surface area (TPSA) is 95.9 Å². The van der Waals surface area contributed by atoms with Gasteiger partial charge in [-0.3, -0.25) is 14.4 Å². The summed E-state index contributed by atoms with van der Waals surface area (Å²) in [4.78, 5) is 41.5. The number of benzene rings is 2. The van der Waals surface area contributed by atoms with Crippen molar-refractivity contribution in [3.63, 3.8) is 0 Å². The highest BCUT2D eigenvalue weighted by atomic mass is 16.5. The first-order chi connectivity index (χ1) is 19.9. The van der Waals surface area contributed by atoms with Crippen molar-refractivity contribution in [2.45, 2.75) is 63.5 Å². The van der Waals surface area contributed by atoms with Gasteiger partial charge >= 0.3 is 5.97 Å². The average Bonchev–Trinajstić information content (AvgIpc) is 3.44. The van der Waals surface area contributed by atoms with Crippen molar-refractivity contribution < 1.29 is 24.2 Å². The van der Waals surface area contributed by atoms with E-state index in [2.05, 4.69) is 18.5 Å².